The third kappa shape index (κ3) is 4.98. The van der Waals surface area contributed by atoms with Crippen LogP contribution in [-0.4, -0.2) is 43.2 Å². The van der Waals surface area contributed by atoms with Crippen molar-refractivity contribution in [1.29, 1.82) is 0 Å². The summed E-state index contributed by atoms with van der Waals surface area (Å²) < 4.78 is 0. The molecule has 0 unspecified atom stereocenters. The fourth-order valence-electron chi connectivity index (χ4n) is 2.63. The third-order valence-electron chi connectivity index (χ3n) is 3.63. The minimum Gasteiger partial charge on any atom is -0.293 e. The molecular formula is C13H28N2. The van der Waals surface area contributed by atoms with Crippen molar-refractivity contribution in [3.05, 3.63) is 0 Å². The van der Waals surface area contributed by atoms with Crippen LogP contribution in [0.5, 0.6) is 0 Å². The lowest BCUT2D eigenvalue weighted by Crippen LogP contribution is -2.38. The summed E-state index contributed by atoms with van der Waals surface area (Å²) in [6, 6.07) is 0. The van der Waals surface area contributed by atoms with E-state index in [0.29, 0.717) is 0 Å². The highest BCUT2D eigenvalue weighted by Crippen LogP contribution is 2.23. The highest BCUT2D eigenvalue weighted by atomic mass is 15.3. The molecule has 1 fully saturated rings. The highest BCUT2D eigenvalue weighted by molar-refractivity contribution is 4.69. The van der Waals surface area contributed by atoms with Crippen LogP contribution in [0.4, 0.5) is 0 Å². The maximum Gasteiger partial charge on any atom is 0.0503 e. The lowest BCUT2D eigenvalue weighted by Gasteiger charge is -2.30. The standard InChI is InChI=1S/C13H28N2/c1-4-15(5-2)12-14(3)11-13-9-7-6-8-10-13/h13H,4-12H2,1-3H3. The van der Waals surface area contributed by atoms with Crippen LogP contribution in [0.1, 0.15) is 46.0 Å². The van der Waals surface area contributed by atoms with Crippen molar-refractivity contribution in [3.63, 3.8) is 0 Å². The Hall–Kier alpha value is -0.0800. The Labute approximate surface area is 95.6 Å². The predicted octanol–water partition coefficient (Wildman–Crippen LogP) is 2.80. The van der Waals surface area contributed by atoms with Crippen LogP contribution >= 0.6 is 0 Å². The number of hydrogen-bond acceptors (Lipinski definition) is 2. The molecular weight excluding hydrogens is 184 g/mol. The van der Waals surface area contributed by atoms with E-state index in [-0.39, 0.29) is 0 Å². The van der Waals surface area contributed by atoms with E-state index in [1.54, 1.807) is 0 Å². The summed E-state index contributed by atoms with van der Waals surface area (Å²) in [7, 11) is 2.27. The van der Waals surface area contributed by atoms with Gasteiger partial charge in [0.15, 0.2) is 0 Å². The van der Waals surface area contributed by atoms with E-state index < -0.39 is 0 Å². The summed E-state index contributed by atoms with van der Waals surface area (Å²) in [6.45, 7) is 9.28. The number of rotatable bonds is 6. The van der Waals surface area contributed by atoms with Gasteiger partial charge in [-0.3, -0.25) is 9.80 Å². The van der Waals surface area contributed by atoms with Gasteiger partial charge < -0.3 is 0 Å². The van der Waals surface area contributed by atoms with Gasteiger partial charge in [0.1, 0.15) is 0 Å². The Morgan fingerprint density at radius 3 is 2.13 bits per heavy atom. The molecule has 0 aliphatic heterocycles. The van der Waals surface area contributed by atoms with Gasteiger partial charge >= 0.3 is 0 Å². The van der Waals surface area contributed by atoms with Crippen LogP contribution in [0.25, 0.3) is 0 Å². The zero-order chi connectivity index (χ0) is 11.1. The van der Waals surface area contributed by atoms with Crippen LogP contribution in [0.2, 0.25) is 0 Å². The molecule has 0 bridgehead atoms. The largest absolute Gasteiger partial charge is 0.293 e. The van der Waals surface area contributed by atoms with E-state index >= 15 is 0 Å². The van der Waals surface area contributed by atoms with Crippen molar-refractivity contribution in [2.75, 3.05) is 33.4 Å². The number of nitrogens with zero attached hydrogens (tertiary/aromatic N) is 2. The molecule has 90 valence electrons. The van der Waals surface area contributed by atoms with Crippen molar-refractivity contribution in [2.45, 2.75) is 46.0 Å². The molecule has 0 radical (unpaired) electrons. The lowest BCUT2D eigenvalue weighted by molar-refractivity contribution is 0.138. The van der Waals surface area contributed by atoms with E-state index in [9.17, 15) is 0 Å². The molecule has 1 saturated carbocycles. The molecule has 2 nitrogen and oxygen atoms in total. The molecule has 1 aliphatic rings. The normalized spacial score (nSPS) is 19.0. The van der Waals surface area contributed by atoms with Crippen LogP contribution in [0.15, 0.2) is 0 Å². The van der Waals surface area contributed by atoms with Gasteiger partial charge in [-0.25, -0.2) is 0 Å². The van der Waals surface area contributed by atoms with Gasteiger partial charge in [-0.05, 0) is 38.9 Å². The van der Waals surface area contributed by atoms with Crippen LogP contribution < -0.4 is 0 Å². The van der Waals surface area contributed by atoms with E-state index in [1.807, 2.05) is 0 Å². The van der Waals surface area contributed by atoms with Crippen LogP contribution in [0, 0.1) is 5.92 Å². The summed E-state index contributed by atoms with van der Waals surface area (Å²) in [5.41, 5.74) is 0. The summed E-state index contributed by atoms with van der Waals surface area (Å²) in [5, 5.41) is 0. The van der Waals surface area contributed by atoms with Gasteiger partial charge in [0.2, 0.25) is 0 Å². The molecule has 0 aromatic rings. The first-order valence-corrected chi connectivity index (χ1v) is 6.67. The molecule has 0 N–H and O–H groups in total. The van der Waals surface area contributed by atoms with Crippen molar-refractivity contribution >= 4 is 0 Å². The predicted molar refractivity (Wildman–Crippen MR) is 67.0 cm³/mol. The zero-order valence-corrected chi connectivity index (χ0v) is 10.8. The summed E-state index contributed by atoms with van der Waals surface area (Å²) in [4.78, 5) is 4.99. The fraction of sp³-hybridized carbons (Fsp3) is 1.00. The van der Waals surface area contributed by atoms with Gasteiger partial charge in [-0.15, -0.1) is 0 Å². The molecule has 1 aliphatic carbocycles. The van der Waals surface area contributed by atoms with Crippen LogP contribution in [-0.2, 0) is 0 Å². The minimum absolute atomic E-state index is 0.972. The van der Waals surface area contributed by atoms with E-state index in [0.717, 1.165) is 12.6 Å². The SMILES string of the molecule is CCN(CC)CN(C)CC1CCCCC1. The molecule has 1 rings (SSSR count). The van der Waals surface area contributed by atoms with Gasteiger partial charge in [0.05, 0.1) is 6.67 Å². The molecule has 0 spiro atoms. The Morgan fingerprint density at radius 2 is 1.60 bits per heavy atom. The van der Waals surface area contributed by atoms with Gasteiger partial charge in [-0.1, -0.05) is 33.1 Å². The van der Waals surface area contributed by atoms with E-state index in [1.165, 1.54) is 51.7 Å². The molecule has 0 atom stereocenters. The molecule has 0 aromatic heterocycles. The molecule has 0 aromatic carbocycles. The molecule has 2 heteroatoms. The second kappa shape index (κ2) is 7.24. The maximum atomic E-state index is 2.50. The molecule has 0 saturated heterocycles. The molecule has 0 heterocycles. The topological polar surface area (TPSA) is 6.48 Å². The van der Waals surface area contributed by atoms with Crippen molar-refractivity contribution in [2.24, 2.45) is 5.92 Å². The summed E-state index contributed by atoms with van der Waals surface area (Å²) >= 11 is 0. The van der Waals surface area contributed by atoms with Crippen molar-refractivity contribution in [3.8, 4) is 0 Å². The van der Waals surface area contributed by atoms with Crippen molar-refractivity contribution < 1.29 is 0 Å². The highest BCUT2D eigenvalue weighted by Gasteiger charge is 2.15. The van der Waals surface area contributed by atoms with E-state index in [2.05, 4.69) is 30.7 Å². The lowest BCUT2D eigenvalue weighted by atomic mass is 9.89. The minimum atomic E-state index is 0.972. The first-order chi connectivity index (χ1) is 7.26. The Morgan fingerprint density at radius 1 is 1.00 bits per heavy atom. The second-order valence-corrected chi connectivity index (χ2v) is 4.99. The van der Waals surface area contributed by atoms with Gasteiger partial charge in [0, 0.05) is 6.54 Å². The average molecular weight is 212 g/mol. The summed E-state index contributed by atoms with van der Waals surface area (Å²) in [6.07, 6.45) is 7.31. The Kier molecular flexibility index (Phi) is 6.26. The fourth-order valence-corrected chi connectivity index (χ4v) is 2.63. The van der Waals surface area contributed by atoms with E-state index in [4.69, 9.17) is 0 Å². The average Bonchev–Trinajstić information content (AvgIpc) is 2.27. The van der Waals surface area contributed by atoms with Crippen LogP contribution in [0.3, 0.4) is 0 Å². The first-order valence-electron chi connectivity index (χ1n) is 6.67. The number of hydrogen-bond donors (Lipinski definition) is 0. The monoisotopic (exact) mass is 212 g/mol. The second-order valence-electron chi connectivity index (χ2n) is 4.99. The third-order valence-corrected chi connectivity index (χ3v) is 3.63. The Bertz CT molecular complexity index is 149. The van der Waals surface area contributed by atoms with Gasteiger partial charge in [-0.2, -0.15) is 0 Å². The van der Waals surface area contributed by atoms with Crippen molar-refractivity contribution in [1.82, 2.24) is 9.80 Å². The summed E-state index contributed by atoms with van der Waals surface area (Å²) in [5.74, 6) is 0.972. The molecule has 15 heavy (non-hydrogen) atoms. The maximum absolute atomic E-state index is 2.50. The zero-order valence-electron chi connectivity index (χ0n) is 10.8. The Balaban J connectivity index is 2.18. The smallest absolute Gasteiger partial charge is 0.0503 e. The quantitative estimate of drug-likeness (QED) is 0.625. The first kappa shape index (κ1) is 13.0. The van der Waals surface area contributed by atoms with Gasteiger partial charge in [0.25, 0.3) is 0 Å². The molecule has 0 amide bonds.